The maximum atomic E-state index is 12.5. The van der Waals surface area contributed by atoms with E-state index in [9.17, 15) is 4.79 Å². The summed E-state index contributed by atoms with van der Waals surface area (Å²) < 4.78 is 0. The first-order chi connectivity index (χ1) is 11.1. The fourth-order valence-corrected chi connectivity index (χ4v) is 3.99. The van der Waals surface area contributed by atoms with Crippen LogP contribution in [0.1, 0.15) is 37.3 Å². The Morgan fingerprint density at radius 2 is 2.30 bits per heavy atom. The lowest BCUT2D eigenvalue weighted by molar-refractivity contribution is -0.131. The van der Waals surface area contributed by atoms with Crippen LogP contribution in [-0.4, -0.2) is 47.9 Å². The number of carbonyl (C=O) groups excluding carboxylic acids is 1. The van der Waals surface area contributed by atoms with Crippen molar-refractivity contribution in [1.82, 2.24) is 14.8 Å². The third-order valence-corrected chi connectivity index (χ3v) is 5.28. The van der Waals surface area contributed by atoms with Crippen LogP contribution in [0, 0.1) is 11.8 Å². The Morgan fingerprint density at radius 1 is 1.43 bits per heavy atom. The van der Waals surface area contributed by atoms with Crippen LogP contribution in [0.2, 0.25) is 0 Å². The second kappa shape index (κ2) is 7.26. The number of aromatic nitrogens is 1. The standard InChI is InChI=1S/C19H27N3O/c1-21-11-9-17(19(21)16-8-5-10-20-13-16)14-22(2)18(23)12-15-6-3-4-7-15/h3,5-6,8,10,13,15,17,19H,4,7,9,11-12,14H2,1-2H3/t15-,17-,19-/m0/s1. The molecule has 0 bridgehead atoms. The minimum absolute atomic E-state index is 0.279. The fraction of sp³-hybridized carbons (Fsp3) is 0.579. The van der Waals surface area contributed by atoms with Crippen LogP contribution in [0.5, 0.6) is 0 Å². The van der Waals surface area contributed by atoms with Crippen molar-refractivity contribution < 1.29 is 4.79 Å². The van der Waals surface area contributed by atoms with Gasteiger partial charge in [0.1, 0.15) is 0 Å². The average molecular weight is 313 g/mol. The van der Waals surface area contributed by atoms with Crippen molar-refractivity contribution in [2.45, 2.75) is 31.7 Å². The van der Waals surface area contributed by atoms with Crippen molar-refractivity contribution in [3.05, 3.63) is 42.2 Å². The number of hydrogen-bond acceptors (Lipinski definition) is 3. The van der Waals surface area contributed by atoms with Crippen molar-refractivity contribution in [2.24, 2.45) is 11.8 Å². The number of allylic oxidation sites excluding steroid dienone is 2. The van der Waals surface area contributed by atoms with Gasteiger partial charge in [-0.15, -0.1) is 0 Å². The third kappa shape index (κ3) is 3.81. The second-order valence-corrected chi connectivity index (χ2v) is 7.00. The molecule has 1 amide bonds. The van der Waals surface area contributed by atoms with E-state index in [1.807, 2.05) is 30.4 Å². The summed E-state index contributed by atoms with van der Waals surface area (Å²) in [4.78, 5) is 21.1. The highest BCUT2D eigenvalue weighted by atomic mass is 16.2. The molecule has 1 aliphatic heterocycles. The predicted molar refractivity (Wildman–Crippen MR) is 91.8 cm³/mol. The van der Waals surface area contributed by atoms with Gasteiger partial charge in [0, 0.05) is 38.4 Å². The average Bonchev–Trinajstić information content (AvgIpc) is 3.18. The van der Waals surface area contributed by atoms with Crippen molar-refractivity contribution in [1.29, 1.82) is 0 Å². The van der Waals surface area contributed by atoms with E-state index in [-0.39, 0.29) is 5.91 Å². The van der Waals surface area contributed by atoms with Crippen LogP contribution in [0.4, 0.5) is 0 Å². The monoisotopic (exact) mass is 313 g/mol. The molecule has 1 aromatic heterocycles. The molecule has 1 aromatic rings. The van der Waals surface area contributed by atoms with Gasteiger partial charge in [-0.05, 0) is 56.3 Å². The van der Waals surface area contributed by atoms with Crippen molar-refractivity contribution >= 4 is 5.91 Å². The van der Waals surface area contributed by atoms with Crippen LogP contribution in [0.15, 0.2) is 36.7 Å². The van der Waals surface area contributed by atoms with Crippen molar-refractivity contribution in [3.63, 3.8) is 0 Å². The van der Waals surface area contributed by atoms with E-state index in [1.165, 1.54) is 5.56 Å². The molecule has 1 aliphatic carbocycles. The number of nitrogens with zero attached hydrogens (tertiary/aromatic N) is 3. The lowest BCUT2D eigenvalue weighted by atomic mass is 9.94. The Hall–Kier alpha value is -1.68. The van der Waals surface area contributed by atoms with Gasteiger partial charge in [-0.25, -0.2) is 0 Å². The van der Waals surface area contributed by atoms with Crippen molar-refractivity contribution in [3.8, 4) is 0 Å². The van der Waals surface area contributed by atoms with Gasteiger partial charge < -0.3 is 4.90 Å². The maximum Gasteiger partial charge on any atom is 0.222 e. The largest absolute Gasteiger partial charge is 0.345 e. The summed E-state index contributed by atoms with van der Waals surface area (Å²) in [5, 5.41) is 0. The minimum Gasteiger partial charge on any atom is -0.345 e. The zero-order valence-electron chi connectivity index (χ0n) is 14.2. The summed E-state index contributed by atoms with van der Waals surface area (Å²) in [6.45, 7) is 1.91. The highest BCUT2D eigenvalue weighted by Gasteiger charge is 2.34. The summed E-state index contributed by atoms with van der Waals surface area (Å²) in [6, 6.07) is 4.52. The quantitative estimate of drug-likeness (QED) is 0.784. The molecule has 0 N–H and O–H groups in total. The molecule has 0 saturated carbocycles. The summed E-state index contributed by atoms with van der Waals surface area (Å²) in [5.74, 6) is 1.21. The van der Waals surface area contributed by atoms with Gasteiger partial charge in [-0.1, -0.05) is 18.2 Å². The molecule has 3 rings (SSSR count). The van der Waals surface area contributed by atoms with Crippen LogP contribution >= 0.6 is 0 Å². The Labute approximate surface area is 139 Å². The molecule has 23 heavy (non-hydrogen) atoms. The van der Waals surface area contributed by atoms with E-state index >= 15 is 0 Å². The number of carbonyl (C=O) groups is 1. The van der Waals surface area contributed by atoms with E-state index in [0.29, 0.717) is 24.3 Å². The number of hydrogen-bond donors (Lipinski definition) is 0. The predicted octanol–water partition coefficient (Wildman–Crippen LogP) is 2.89. The Bertz CT molecular complexity index is 557. The molecule has 0 aromatic carbocycles. The summed E-state index contributed by atoms with van der Waals surface area (Å²) in [5.41, 5.74) is 1.26. The van der Waals surface area contributed by atoms with Crippen LogP contribution in [-0.2, 0) is 4.79 Å². The normalized spacial score (nSPS) is 27.5. The number of likely N-dealkylation sites (tertiary alicyclic amines) is 1. The zero-order valence-corrected chi connectivity index (χ0v) is 14.2. The van der Waals surface area contributed by atoms with Crippen LogP contribution < -0.4 is 0 Å². The number of rotatable bonds is 5. The van der Waals surface area contributed by atoms with Gasteiger partial charge in [-0.2, -0.15) is 0 Å². The smallest absolute Gasteiger partial charge is 0.222 e. The number of pyridine rings is 1. The first kappa shape index (κ1) is 16.2. The zero-order chi connectivity index (χ0) is 16.2. The lowest BCUT2D eigenvalue weighted by Crippen LogP contribution is -2.34. The Kier molecular flexibility index (Phi) is 5.11. The van der Waals surface area contributed by atoms with Gasteiger partial charge in [0.2, 0.25) is 5.91 Å². The molecule has 4 heteroatoms. The van der Waals surface area contributed by atoms with Crippen molar-refractivity contribution in [2.75, 3.05) is 27.2 Å². The molecule has 1 saturated heterocycles. The van der Waals surface area contributed by atoms with E-state index in [4.69, 9.17) is 0 Å². The third-order valence-electron chi connectivity index (χ3n) is 5.28. The molecule has 4 nitrogen and oxygen atoms in total. The topological polar surface area (TPSA) is 36.4 Å². The van der Waals surface area contributed by atoms with E-state index in [2.05, 4.69) is 35.1 Å². The molecular weight excluding hydrogens is 286 g/mol. The van der Waals surface area contributed by atoms with E-state index in [0.717, 1.165) is 32.4 Å². The molecule has 3 atom stereocenters. The van der Waals surface area contributed by atoms with Crippen LogP contribution in [0.25, 0.3) is 0 Å². The summed E-state index contributed by atoms with van der Waals surface area (Å²) in [6.07, 6.45) is 12.2. The Balaban J connectivity index is 1.61. The molecule has 0 spiro atoms. The fourth-order valence-electron chi connectivity index (χ4n) is 3.99. The SMILES string of the molecule is CN(C[C@@H]1CCN(C)[C@H]1c1cccnc1)C(=O)C[C@H]1C=CCC1. The van der Waals surface area contributed by atoms with E-state index < -0.39 is 0 Å². The lowest BCUT2D eigenvalue weighted by Gasteiger charge is -2.29. The first-order valence-electron chi connectivity index (χ1n) is 8.66. The first-order valence-corrected chi connectivity index (χ1v) is 8.66. The minimum atomic E-state index is 0.279. The van der Waals surface area contributed by atoms with Gasteiger partial charge >= 0.3 is 0 Å². The molecule has 1 fully saturated rings. The molecule has 0 radical (unpaired) electrons. The van der Waals surface area contributed by atoms with Gasteiger partial charge in [-0.3, -0.25) is 14.7 Å². The van der Waals surface area contributed by atoms with Gasteiger partial charge in [0.25, 0.3) is 0 Å². The van der Waals surface area contributed by atoms with Crippen LogP contribution in [0.3, 0.4) is 0 Å². The van der Waals surface area contributed by atoms with Gasteiger partial charge in [0.05, 0.1) is 0 Å². The molecule has 2 heterocycles. The highest BCUT2D eigenvalue weighted by molar-refractivity contribution is 5.76. The Morgan fingerprint density at radius 3 is 3.00 bits per heavy atom. The second-order valence-electron chi connectivity index (χ2n) is 7.00. The van der Waals surface area contributed by atoms with Gasteiger partial charge in [0.15, 0.2) is 0 Å². The summed E-state index contributed by atoms with van der Waals surface area (Å²) in [7, 11) is 4.13. The molecule has 0 unspecified atom stereocenters. The molecule has 124 valence electrons. The highest BCUT2D eigenvalue weighted by Crippen LogP contribution is 2.36. The molecule has 2 aliphatic rings. The maximum absolute atomic E-state index is 12.5. The number of amides is 1. The van der Waals surface area contributed by atoms with E-state index in [1.54, 1.807) is 0 Å². The summed E-state index contributed by atoms with van der Waals surface area (Å²) >= 11 is 0. The molecular formula is C19H27N3O.